The van der Waals surface area contributed by atoms with Gasteiger partial charge < -0.3 is 20.4 Å². The van der Waals surface area contributed by atoms with Gasteiger partial charge in [0.1, 0.15) is 6.04 Å². The normalized spacial score (nSPS) is 18.6. The minimum absolute atomic E-state index is 0.100. The van der Waals surface area contributed by atoms with Crippen molar-refractivity contribution in [3.05, 3.63) is 0 Å². The molecule has 0 radical (unpaired) electrons. The van der Waals surface area contributed by atoms with Gasteiger partial charge >= 0.3 is 18.0 Å². The predicted octanol–water partition coefficient (Wildman–Crippen LogP) is 1.14. The highest BCUT2D eigenvalue weighted by Gasteiger charge is 2.38. The third kappa shape index (κ3) is 3.85. The Morgan fingerprint density at radius 3 is 2.25 bits per heavy atom. The number of amides is 2. The Bertz CT molecular complexity index is 392. The van der Waals surface area contributed by atoms with Gasteiger partial charge in [-0.1, -0.05) is 13.8 Å². The first-order valence-corrected chi connectivity index (χ1v) is 6.83. The lowest BCUT2D eigenvalue weighted by Crippen LogP contribution is -2.48. The van der Waals surface area contributed by atoms with Crippen molar-refractivity contribution in [1.29, 1.82) is 0 Å². The molecular formula is C13H22N2O5. The maximum absolute atomic E-state index is 12.0. The van der Waals surface area contributed by atoms with Crippen LogP contribution in [0.2, 0.25) is 0 Å². The van der Waals surface area contributed by atoms with E-state index in [0.29, 0.717) is 13.1 Å². The van der Waals surface area contributed by atoms with Crippen molar-refractivity contribution in [3.63, 3.8) is 0 Å². The third-order valence-electron chi connectivity index (χ3n) is 4.20. The lowest BCUT2D eigenvalue weighted by atomic mass is 9.82. The van der Waals surface area contributed by atoms with Gasteiger partial charge in [0, 0.05) is 13.1 Å². The second-order valence-electron chi connectivity index (χ2n) is 5.32. The second kappa shape index (κ2) is 6.58. The van der Waals surface area contributed by atoms with Gasteiger partial charge in [-0.05, 0) is 24.7 Å². The first-order valence-electron chi connectivity index (χ1n) is 6.83. The summed E-state index contributed by atoms with van der Waals surface area (Å²) in [7, 11) is 0. The molecule has 1 atom stereocenters. The summed E-state index contributed by atoms with van der Waals surface area (Å²) in [6.07, 6.45) is 2.20. The summed E-state index contributed by atoms with van der Waals surface area (Å²) < 4.78 is 0. The molecule has 1 heterocycles. The fourth-order valence-electron chi connectivity index (χ4n) is 2.55. The minimum Gasteiger partial charge on any atom is -0.481 e. The zero-order valence-corrected chi connectivity index (χ0v) is 11.9. The number of hydrogen-bond acceptors (Lipinski definition) is 3. The molecule has 1 aliphatic heterocycles. The number of carboxylic acids is 2. The van der Waals surface area contributed by atoms with E-state index in [1.165, 1.54) is 0 Å². The number of aliphatic carboxylic acids is 2. The third-order valence-corrected chi connectivity index (χ3v) is 4.20. The first kappa shape index (κ1) is 16.3. The number of urea groups is 1. The summed E-state index contributed by atoms with van der Waals surface area (Å²) in [4.78, 5) is 35.1. The monoisotopic (exact) mass is 286 g/mol. The average Bonchev–Trinajstić information content (AvgIpc) is 2.82. The van der Waals surface area contributed by atoms with Crippen LogP contribution in [0.15, 0.2) is 0 Å². The smallest absolute Gasteiger partial charge is 0.326 e. The number of nitrogens with one attached hydrogen (secondary N) is 1. The molecule has 2 amide bonds. The van der Waals surface area contributed by atoms with E-state index in [-0.39, 0.29) is 5.41 Å². The Balaban J connectivity index is 2.62. The maximum atomic E-state index is 12.0. The molecule has 0 spiro atoms. The van der Waals surface area contributed by atoms with Crippen molar-refractivity contribution >= 4 is 18.0 Å². The van der Waals surface area contributed by atoms with Gasteiger partial charge in [-0.25, -0.2) is 9.59 Å². The molecule has 7 heteroatoms. The van der Waals surface area contributed by atoms with Crippen LogP contribution >= 0.6 is 0 Å². The number of nitrogens with zero attached hydrogens (tertiary/aromatic N) is 1. The first-order chi connectivity index (χ1) is 9.33. The maximum Gasteiger partial charge on any atom is 0.326 e. The van der Waals surface area contributed by atoms with Crippen molar-refractivity contribution in [3.8, 4) is 0 Å². The molecule has 1 fully saturated rings. The zero-order valence-electron chi connectivity index (χ0n) is 11.9. The highest BCUT2D eigenvalue weighted by molar-refractivity contribution is 5.86. The molecule has 0 aromatic heterocycles. The topological polar surface area (TPSA) is 107 Å². The van der Waals surface area contributed by atoms with E-state index >= 15 is 0 Å². The molecule has 0 aromatic carbocycles. The molecular weight excluding hydrogens is 264 g/mol. The van der Waals surface area contributed by atoms with Crippen molar-refractivity contribution < 1.29 is 24.6 Å². The Morgan fingerprint density at radius 2 is 1.85 bits per heavy atom. The Morgan fingerprint density at radius 1 is 1.25 bits per heavy atom. The standard InChI is InChI=1S/C13H22N2O5/c1-3-13(4-2)5-6-15(8-13)12(20)14-9(11(18)19)7-10(16)17/h9H,3-8H2,1-2H3,(H,14,20)(H,16,17)(H,18,19)/t9-/m0/s1. The van der Waals surface area contributed by atoms with Gasteiger partial charge in [0.25, 0.3) is 0 Å². The number of carbonyl (C=O) groups is 3. The number of carbonyl (C=O) groups excluding carboxylic acids is 1. The van der Waals surface area contributed by atoms with E-state index in [2.05, 4.69) is 19.2 Å². The van der Waals surface area contributed by atoms with Crippen LogP contribution in [0.1, 0.15) is 39.5 Å². The Labute approximate surface area is 117 Å². The number of rotatable bonds is 6. The molecule has 0 aliphatic carbocycles. The van der Waals surface area contributed by atoms with Gasteiger partial charge in [0.2, 0.25) is 0 Å². The van der Waals surface area contributed by atoms with Crippen LogP contribution in [0.25, 0.3) is 0 Å². The highest BCUT2D eigenvalue weighted by Crippen LogP contribution is 2.36. The average molecular weight is 286 g/mol. The second-order valence-corrected chi connectivity index (χ2v) is 5.32. The van der Waals surface area contributed by atoms with Crippen LogP contribution in [-0.2, 0) is 9.59 Å². The number of likely N-dealkylation sites (tertiary alicyclic amines) is 1. The molecule has 0 unspecified atom stereocenters. The van der Waals surface area contributed by atoms with Gasteiger partial charge in [-0.15, -0.1) is 0 Å². The van der Waals surface area contributed by atoms with Crippen molar-refractivity contribution in [2.24, 2.45) is 5.41 Å². The molecule has 0 saturated carbocycles. The van der Waals surface area contributed by atoms with E-state index in [0.717, 1.165) is 19.3 Å². The Hall–Kier alpha value is -1.79. The molecule has 1 rings (SSSR count). The zero-order chi connectivity index (χ0) is 15.3. The van der Waals surface area contributed by atoms with Crippen LogP contribution < -0.4 is 5.32 Å². The quantitative estimate of drug-likeness (QED) is 0.678. The van der Waals surface area contributed by atoms with Gasteiger partial charge in [0.15, 0.2) is 0 Å². The fourth-order valence-corrected chi connectivity index (χ4v) is 2.55. The molecule has 114 valence electrons. The van der Waals surface area contributed by atoms with E-state index in [4.69, 9.17) is 10.2 Å². The van der Waals surface area contributed by atoms with Gasteiger partial charge in [-0.3, -0.25) is 4.79 Å². The SMILES string of the molecule is CCC1(CC)CCN(C(=O)N[C@@H](CC(=O)O)C(=O)O)C1. The van der Waals surface area contributed by atoms with Crippen molar-refractivity contribution in [2.45, 2.75) is 45.6 Å². The summed E-state index contributed by atoms with van der Waals surface area (Å²) in [5.74, 6) is -2.59. The fraction of sp³-hybridized carbons (Fsp3) is 0.769. The Kier molecular flexibility index (Phi) is 5.35. The largest absolute Gasteiger partial charge is 0.481 e. The molecule has 0 aromatic rings. The van der Waals surface area contributed by atoms with Gasteiger partial charge in [-0.2, -0.15) is 0 Å². The number of carboxylic acid groups (broad SMARTS) is 2. The minimum atomic E-state index is -1.39. The molecule has 1 aliphatic rings. The van der Waals surface area contributed by atoms with E-state index in [1.807, 2.05) is 0 Å². The molecule has 0 bridgehead atoms. The van der Waals surface area contributed by atoms with Crippen LogP contribution in [0.4, 0.5) is 4.79 Å². The van der Waals surface area contributed by atoms with Crippen LogP contribution in [0, 0.1) is 5.41 Å². The van der Waals surface area contributed by atoms with E-state index in [1.54, 1.807) is 4.90 Å². The lowest BCUT2D eigenvalue weighted by molar-refractivity contribution is -0.145. The summed E-state index contributed by atoms with van der Waals surface area (Å²) in [6.45, 7) is 5.32. The summed E-state index contributed by atoms with van der Waals surface area (Å²) >= 11 is 0. The summed E-state index contributed by atoms with van der Waals surface area (Å²) in [5.41, 5.74) is 0.100. The van der Waals surface area contributed by atoms with E-state index < -0.39 is 30.4 Å². The van der Waals surface area contributed by atoms with Crippen LogP contribution in [0.5, 0.6) is 0 Å². The van der Waals surface area contributed by atoms with Crippen molar-refractivity contribution in [1.82, 2.24) is 10.2 Å². The summed E-state index contributed by atoms with van der Waals surface area (Å²) in [6, 6.07) is -1.89. The molecule has 1 saturated heterocycles. The lowest BCUT2D eigenvalue weighted by Gasteiger charge is -2.27. The van der Waals surface area contributed by atoms with E-state index in [9.17, 15) is 14.4 Å². The molecule has 7 nitrogen and oxygen atoms in total. The highest BCUT2D eigenvalue weighted by atomic mass is 16.4. The van der Waals surface area contributed by atoms with Crippen LogP contribution in [0.3, 0.4) is 0 Å². The molecule has 20 heavy (non-hydrogen) atoms. The predicted molar refractivity (Wildman–Crippen MR) is 71.4 cm³/mol. The van der Waals surface area contributed by atoms with Gasteiger partial charge in [0.05, 0.1) is 6.42 Å². The number of hydrogen-bond donors (Lipinski definition) is 3. The van der Waals surface area contributed by atoms with Crippen LogP contribution in [-0.4, -0.2) is 52.2 Å². The molecule has 3 N–H and O–H groups in total. The summed E-state index contributed by atoms with van der Waals surface area (Å²) in [5, 5.41) is 19.8. The van der Waals surface area contributed by atoms with Crippen molar-refractivity contribution in [2.75, 3.05) is 13.1 Å².